The molecule has 1 heterocycles. The molecular formula is C12H13F3N2O2. The van der Waals surface area contributed by atoms with Crippen molar-refractivity contribution in [3.63, 3.8) is 0 Å². The Balaban J connectivity index is 2.27. The fourth-order valence-corrected chi connectivity index (χ4v) is 1.91. The van der Waals surface area contributed by atoms with Crippen LogP contribution in [0.5, 0.6) is 0 Å². The molecule has 1 amide bonds. The van der Waals surface area contributed by atoms with Gasteiger partial charge in [-0.1, -0.05) is 0 Å². The highest BCUT2D eigenvalue weighted by Crippen LogP contribution is 2.34. The third-order valence-electron chi connectivity index (χ3n) is 3.05. The van der Waals surface area contributed by atoms with E-state index in [0.717, 1.165) is 12.1 Å². The fourth-order valence-electron chi connectivity index (χ4n) is 1.91. The molecule has 0 unspecified atom stereocenters. The monoisotopic (exact) mass is 274 g/mol. The molecule has 0 bridgehead atoms. The standard InChI is InChI=1S/C12H13F3N2O2/c1-19-8-5-17(6-8)11(18)9-3-2-7(16)4-10(9)12(13,14)15/h2-4,8H,5-6,16H2,1H3. The largest absolute Gasteiger partial charge is 0.417 e. The number of hydrogen-bond donors (Lipinski definition) is 1. The Morgan fingerprint density at radius 1 is 1.42 bits per heavy atom. The molecule has 0 saturated carbocycles. The third kappa shape index (κ3) is 2.65. The molecule has 2 N–H and O–H groups in total. The van der Waals surface area contributed by atoms with Gasteiger partial charge in [-0.05, 0) is 18.2 Å². The Bertz CT molecular complexity index is 496. The second kappa shape index (κ2) is 4.73. The Kier molecular flexibility index (Phi) is 3.40. The van der Waals surface area contributed by atoms with E-state index in [0.29, 0.717) is 13.1 Å². The highest BCUT2D eigenvalue weighted by molar-refractivity contribution is 5.96. The van der Waals surface area contributed by atoms with Gasteiger partial charge in [-0.25, -0.2) is 0 Å². The summed E-state index contributed by atoms with van der Waals surface area (Å²) in [5.41, 5.74) is 3.94. The van der Waals surface area contributed by atoms with E-state index in [4.69, 9.17) is 10.5 Å². The van der Waals surface area contributed by atoms with Gasteiger partial charge in [0.1, 0.15) is 0 Å². The predicted octanol–water partition coefficient (Wildman–Crippen LogP) is 1.76. The molecule has 0 aliphatic carbocycles. The lowest BCUT2D eigenvalue weighted by Gasteiger charge is -2.38. The van der Waals surface area contributed by atoms with Gasteiger partial charge < -0.3 is 15.4 Å². The van der Waals surface area contributed by atoms with Gasteiger partial charge in [0, 0.05) is 25.9 Å². The summed E-state index contributed by atoms with van der Waals surface area (Å²) in [6, 6.07) is 3.18. The lowest BCUT2D eigenvalue weighted by molar-refractivity contribution is -0.138. The number of anilines is 1. The van der Waals surface area contributed by atoms with Crippen molar-refractivity contribution in [2.45, 2.75) is 12.3 Å². The first kappa shape index (κ1) is 13.7. The molecule has 1 aliphatic heterocycles. The van der Waals surface area contributed by atoms with Crippen LogP contribution >= 0.6 is 0 Å². The smallest absolute Gasteiger partial charge is 0.399 e. The molecule has 2 rings (SSSR count). The van der Waals surface area contributed by atoms with Crippen LogP contribution in [0.1, 0.15) is 15.9 Å². The van der Waals surface area contributed by atoms with Gasteiger partial charge in [-0.15, -0.1) is 0 Å². The molecule has 0 spiro atoms. The van der Waals surface area contributed by atoms with Gasteiger partial charge in [-0.2, -0.15) is 13.2 Å². The zero-order valence-corrected chi connectivity index (χ0v) is 10.2. The van der Waals surface area contributed by atoms with E-state index in [1.165, 1.54) is 18.1 Å². The molecule has 1 aromatic rings. The fraction of sp³-hybridized carbons (Fsp3) is 0.417. The molecule has 4 nitrogen and oxygen atoms in total. The number of amides is 1. The Morgan fingerprint density at radius 2 is 2.05 bits per heavy atom. The maximum atomic E-state index is 12.9. The normalized spacial score (nSPS) is 16.3. The number of carbonyl (C=O) groups excluding carboxylic acids is 1. The third-order valence-corrected chi connectivity index (χ3v) is 3.05. The summed E-state index contributed by atoms with van der Waals surface area (Å²) in [5.74, 6) is -0.652. The van der Waals surface area contributed by atoms with Crippen molar-refractivity contribution in [1.29, 1.82) is 0 Å². The van der Waals surface area contributed by atoms with Crippen LogP contribution in [0.3, 0.4) is 0 Å². The second-order valence-electron chi connectivity index (χ2n) is 4.37. The molecular weight excluding hydrogens is 261 g/mol. The van der Waals surface area contributed by atoms with Crippen LogP contribution in [0.15, 0.2) is 18.2 Å². The van der Waals surface area contributed by atoms with Crippen LogP contribution in [0, 0.1) is 0 Å². The quantitative estimate of drug-likeness (QED) is 0.836. The van der Waals surface area contributed by atoms with Gasteiger partial charge in [0.15, 0.2) is 0 Å². The summed E-state index contributed by atoms with van der Waals surface area (Å²) in [6.07, 6.45) is -4.71. The second-order valence-corrected chi connectivity index (χ2v) is 4.37. The van der Waals surface area contributed by atoms with Crippen LogP contribution in [-0.2, 0) is 10.9 Å². The predicted molar refractivity (Wildman–Crippen MR) is 62.6 cm³/mol. The minimum atomic E-state index is -4.61. The topological polar surface area (TPSA) is 55.6 Å². The van der Waals surface area contributed by atoms with Gasteiger partial charge in [0.05, 0.1) is 17.2 Å². The first-order chi connectivity index (χ1) is 8.82. The lowest BCUT2D eigenvalue weighted by atomic mass is 10.0. The summed E-state index contributed by atoms with van der Waals surface area (Å²) in [6.45, 7) is 0.605. The van der Waals surface area contributed by atoms with E-state index >= 15 is 0 Å². The van der Waals surface area contributed by atoms with Gasteiger partial charge in [0.2, 0.25) is 0 Å². The molecule has 104 valence electrons. The van der Waals surface area contributed by atoms with E-state index in [-0.39, 0.29) is 17.4 Å². The van der Waals surface area contributed by atoms with Crippen molar-refractivity contribution in [3.05, 3.63) is 29.3 Å². The first-order valence-electron chi connectivity index (χ1n) is 5.61. The number of rotatable bonds is 2. The number of hydrogen-bond acceptors (Lipinski definition) is 3. The number of carbonyl (C=O) groups is 1. The van der Waals surface area contributed by atoms with Crippen LogP contribution in [0.4, 0.5) is 18.9 Å². The average Bonchev–Trinajstić information content (AvgIpc) is 2.26. The highest BCUT2D eigenvalue weighted by Gasteiger charge is 2.39. The van der Waals surface area contributed by atoms with Crippen LogP contribution in [0.2, 0.25) is 0 Å². The molecule has 0 aromatic heterocycles. The van der Waals surface area contributed by atoms with Crippen LogP contribution in [0.25, 0.3) is 0 Å². The van der Waals surface area contributed by atoms with Gasteiger partial charge in [-0.3, -0.25) is 4.79 Å². The number of likely N-dealkylation sites (tertiary alicyclic amines) is 1. The number of alkyl halides is 3. The molecule has 0 radical (unpaired) electrons. The maximum Gasteiger partial charge on any atom is 0.417 e. The summed E-state index contributed by atoms with van der Waals surface area (Å²) in [7, 11) is 1.50. The zero-order chi connectivity index (χ0) is 14.2. The van der Waals surface area contributed by atoms with Crippen LogP contribution in [-0.4, -0.2) is 37.1 Å². The molecule has 7 heteroatoms. The van der Waals surface area contributed by atoms with E-state index in [1.807, 2.05) is 0 Å². The highest BCUT2D eigenvalue weighted by atomic mass is 19.4. The lowest BCUT2D eigenvalue weighted by Crippen LogP contribution is -2.54. The maximum absolute atomic E-state index is 12.9. The number of benzene rings is 1. The first-order valence-corrected chi connectivity index (χ1v) is 5.61. The molecule has 19 heavy (non-hydrogen) atoms. The average molecular weight is 274 g/mol. The van der Waals surface area contributed by atoms with Crippen molar-refractivity contribution in [1.82, 2.24) is 4.90 Å². The summed E-state index contributed by atoms with van der Waals surface area (Å²) >= 11 is 0. The van der Waals surface area contributed by atoms with E-state index in [2.05, 4.69) is 0 Å². The molecule has 1 aliphatic rings. The summed E-state index contributed by atoms with van der Waals surface area (Å²) < 4.78 is 43.6. The number of nitrogen functional groups attached to an aromatic ring is 1. The SMILES string of the molecule is COC1CN(C(=O)c2ccc(N)cc2C(F)(F)F)C1. The summed E-state index contributed by atoms with van der Waals surface area (Å²) in [5, 5.41) is 0. The van der Waals surface area contributed by atoms with Gasteiger partial charge >= 0.3 is 6.18 Å². The number of nitrogens with zero attached hydrogens (tertiary/aromatic N) is 1. The minimum absolute atomic E-state index is 0.0257. The molecule has 1 saturated heterocycles. The minimum Gasteiger partial charge on any atom is -0.399 e. The number of methoxy groups -OCH3 is 1. The Hall–Kier alpha value is -1.76. The zero-order valence-electron chi connectivity index (χ0n) is 10.2. The van der Waals surface area contributed by atoms with Crippen molar-refractivity contribution in [2.75, 3.05) is 25.9 Å². The van der Waals surface area contributed by atoms with Crippen molar-refractivity contribution in [2.24, 2.45) is 0 Å². The van der Waals surface area contributed by atoms with Crippen molar-refractivity contribution in [3.8, 4) is 0 Å². The number of ether oxygens (including phenoxy) is 1. The van der Waals surface area contributed by atoms with Crippen molar-refractivity contribution < 1.29 is 22.7 Å². The molecule has 0 atom stereocenters. The van der Waals surface area contributed by atoms with Crippen LogP contribution < -0.4 is 5.73 Å². The number of halogens is 3. The van der Waals surface area contributed by atoms with E-state index < -0.39 is 17.6 Å². The number of nitrogens with two attached hydrogens (primary N) is 1. The summed E-state index contributed by atoms with van der Waals surface area (Å²) in [4.78, 5) is 13.3. The Morgan fingerprint density at radius 3 is 2.58 bits per heavy atom. The molecule has 1 fully saturated rings. The Labute approximate surface area is 107 Å². The van der Waals surface area contributed by atoms with Crippen molar-refractivity contribution >= 4 is 11.6 Å². The van der Waals surface area contributed by atoms with E-state index in [1.54, 1.807) is 0 Å². The van der Waals surface area contributed by atoms with E-state index in [9.17, 15) is 18.0 Å². The van der Waals surface area contributed by atoms with Gasteiger partial charge in [0.25, 0.3) is 5.91 Å². The molecule has 1 aromatic carbocycles.